The molecular weight excluding hydrogens is 362 g/mol. The van der Waals surface area contributed by atoms with E-state index in [2.05, 4.69) is 41.3 Å². The van der Waals surface area contributed by atoms with Gasteiger partial charge in [0, 0.05) is 24.1 Å². The van der Waals surface area contributed by atoms with Gasteiger partial charge in [-0.05, 0) is 60.1 Å². The van der Waals surface area contributed by atoms with Gasteiger partial charge in [0.1, 0.15) is 11.5 Å². The fourth-order valence-electron chi connectivity index (χ4n) is 5.89. The maximum absolute atomic E-state index is 12.2. The summed E-state index contributed by atoms with van der Waals surface area (Å²) in [6, 6.07) is 13.5. The molecule has 2 aliphatic heterocycles. The van der Waals surface area contributed by atoms with Crippen LogP contribution in [0.5, 0.6) is 11.5 Å². The summed E-state index contributed by atoms with van der Waals surface area (Å²) in [4.78, 5) is 14.3. The van der Waals surface area contributed by atoms with Gasteiger partial charge in [-0.1, -0.05) is 42.5 Å². The largest absolute Gasteiger partial charge is 0.548 e. The van der Waals surface area contributed by atoms with E-state index in [1.54, 1.807) is 0 Å². The van der Waals surface area contributed by atoms with Gasteiger partial charge in [-0.25, -0.2) is 0 Å². The number of fused-ring (bicyclic) bond motifs is 4. The van der Waals surface area contributed by atoms with Gasteiger partial charge in [-0.3, -0.25) is 0 Å². The van der Waals surface area contributed by atoms with Crippen molar-refractivity contribution in [1.29, 1.82) is 0 Å². The van der Waals surface area contributed by atoms with Crippen LogP contribution in [-0.2, 0) is 4.79 Å². The molecule has 2 aliphatic carbocycles. The minimum atomic E-state index is -0.950. The number of hydrogen-bond acceptors (Lipinski definition) is 4. The third-order valence-corrected chi connectivity index (χ3v) is 7.04. The minimum Gasteiger partial charge on any atom is -0.548 e. The summed E-state index contributed by atoms with van der Waals surface area (Å²) in [7, 11) is 0. The first kappa shape index (κ1) is 16.9. The summed E-state index contributed by atoms with van der Waals surface area (Å²) in [6.45, 7) is 0.776. The lowest BCUT2D eigenvalue weighted by Crippen LogP contribution is -2.58. The molecule has 4 aliphatic rings. The molecule has 2 heterocycles. The molecule has 29 heavy (non-hydrogen) atoms. The van der Waals surface area contributed by atoms with Gasteiger partial charge < -0.3 is 19.5 Å². The highest BCUT2D eigenvalue weighted by molar-refractivity contribution is 5.83. The molecule has 0 spiro atoms. The number of aliphatic carboxylic acids is 1. The molecule has 2 aromatic rings. The Morgan fingerprint density at radius 3 is 2.48 bits per heavy atom. The van der Waals surface area contributed by atoms with Crippen LogP contribution in [0, 0.1) is 11.8 Å². The number of carboxylic acids is 1. The van der Waals surface area contributed by atoms with E-state index >= 15 is 0 Å². The molecule has 5 atom stereocenters. The molecule has 0 N–H and O–H groups in total. The van der Waals surface area contributed by atoms with E-state index in [4.69, 9.17) is 4.74 Å². The summed E-state index contributed by atoms with van der Waals surface area (Å²) < 4.78 is 6.22. The third kappa shape index (κ3) is 2.48. The lowest BCUT2D eigenvalue weighted by molar-refractivity contribution is -0.309. The van der Waals surface area contributed by atoms with Crippen molar-refractivity contribution in [3.05, 3.63) is 77.9 Å². The van der Waals surface area contributed by atoms with Crippen molar-refractivity contribution in [2.75, 3.05) is 11.4 Å². The number of benzene rings is 2. The Hall–Kier alpha value is -3.01. The molecule has 0 saturated heterocycles. The third-order valence-electron chi connectivity index (χ3n) is 7.04. The highest BCUT2D eigenvalue weighted by Gasteiger charge is 2.47. The van der Waals surface area contributed by atoms with Crippen LogP contribution >= 0.6 is 0 Å². The summed E-state index contributed by atoms with van der Waals surface area (Å²) >= 11 is 0. The second kappa shape index (κ2) is 6.24. The smallest absolute Gasteiger partial charge is 0.128 e. The number of anilines is 1. The van der Waals surface area contributed by atoms with Gasteiger partial charge in [0.05, 0.1) is 12.0 Å². The zero-order chi connectivity index (χ0) is 19.5. The Morgan fingerprint density at radius 2 is 1.69 bits per heavy atom. The Morgan fingerprint density at radius 1 is 0.966 bits per heavy atom. The van der Waals surface area contributed by atoms with Crippen molar-refractivity contribution < 1.29 is 14.6 Å². The highest BCUT2D eigenvalue weighted by Crippen LogP contribution is 2.56. The zero-order valence-corrected chi connectivity index (χ0v) is 16.0. The van der Waals surface area contributed by atoms with Gasteiger partial charge in [-0.15, -0.1) is 0 Å². The molecule has 0 aromatic heterocycles. The fraction of sp³-hybridized carbons (Fsp3) is 0.320. The standard InChI is InChI=1S/C25H23NO3/c27-25(28)24-20-11-5-10-19(20)22-13-17(29-16-7-2-1-3-8-16)12-21-18-9-4-6-15(18)14-26(24)23(21)22/h1-5,7-10,12-13,15,18-20,24H,6,11,14H2,(H,27,28)/p-1/t15-,18+,19-,20-,24-/m1/s1. The molecule has 2 aromatic carbocycles. The maximum Gasteiger partial charge on any atom is 0.128 e. The summed E-state index contributed by atoms with van der Waals surface area (Å²) in [6.07, 6.45) is 10.6. The molecule has 0 saturated carbocycles. The number of ether oxygens (including phenoxy) is 1. The molecule has 0 amide bonds. The van der Waals surface area contributed by atoms with Crippen LogP contribution in [0.2, 0.25) is 0 Å². The van der Waals surface area contributed by atoms with E-state index in [9.17, 15) is 9.90 Å². The van der Waals surface area contributed by atoms with E-state index in [0.29, 0.717) is 11.8 Å². The van der Waals surface area contributed by atoms with Crippen molar-refractivity contribution in [1.82, 2.24) is 0 Å². The van der Waals surface area contributed by atoms with Gasteiger partial charge in [-0.2, -0.15) is 0 Å². The second-order valence-electron chi connectivity index (χ2n) is 8.58. The molecule has 0 unspecified atom stereocenters. The fourth-order valence-corrected chi connectivity index (χ4v) is 5.89. The Kier molecular flexibility index (Phi) is 3.64. The van der Waals surface area contributed by atoms with Crippen LogP contribution in [0.15, 0.2) is 66.8 Å². The lowest BCUT2D eigenvalue weighted by atomic mass is 9.72. The molecular formula is C25H22NO3-. The topological polar surface area (TPSA) is 52.6 Å². The number of carbonyl (C=O) groups is 1. The van der Waals surface area contributed by atoms with Crippen molar-refractivity contribution in [2.45, 2.75) is 30.7 Å². The van der Waals surface area contributed by atoms with Crippen LogP contribution in [0.25, 0.3) is 0 Å². The molecule has 0 fully saturated rings. The Bertz CT molecular complexity index is 1020. The van der Waals surface area contributed by atoms with E-state index in [1.807, 2.05) is 30.3 Å². The monoisotopic (exact) mass is 384 g/mol. The summed E-state index contributed by atoms with van der Waals surface area (Å²) in [5, 5.41) is 12.2. The molecule has 6 rings (SSSR count). The minimum absolute atomic E-state index is 0.0261. The van der Waals surface area contributed by atoms with Gasteiger partial charge in [0.15, 0.2) is 0 Å². The first-order valence-electron chi connectivity index (χ1n) is 10.4. The van der Waals surface area contributed by atoms with E-state index in [0.717, 1.165) is 36.6 Å². The highest BCUT2D eigenvalue weighted by atomic mass is 16.5. The molecule has 4 nitrogen and oxygen atoms in total. The molecule has 4 heteroatoms. The predicted octanol–water partition coefficient (Wildman–Crippen LogP) is 3.75. The number of carbonyl (C=O) groups excluding carboxylic acids is 1. The Balaban J connectivity index is 1.54. The first-order chi connectivity index (χ1) is 14.2. The van der Waals surface area contributed by atoms with Crippen LogP contribution in [0.4, 0.5) is 5.69 Å². The van der Waals surface area contributed by atoms with Crippen LogP contribution in [-0.4, -0.2) is 18.6 Å². The van der Waals surface area contributed by atoms with E-state index in [-0.39, 0.29) is 11.8 Å². The van der Waals surface area contributed by atoms with Crippen LogP contribution in [0.1, 0.15) is 35.8 Å². The number of para-hydroxylation sites is 1. The molecule has 146 valence electrons. The normalized spacial score (nSPS) is 30.6. The zero-order valence-electron chi connectivity index (χ0n) is 16.0. The quantitative estimate of drug-likeness (QED) is 0.757. The first-order valence-corrected chi connectivity index (χ1v) is 10.4. The number of rotatable bonds is 3. The predicted molar refractivity (Wildman–Crippen MR) is 109 cm³/mol. The number of hydrogen-bond donors (Lipinski definition) is 0. The number of allylic oxidation sites excluding steroid dienone is 4. The van der Waals surface area contributed by atoms with Crippen molar-refractivity contribution in [3.8, 4) is 11.5 Å². The summed E-state index contributed by atoms with van der Waals surface area (Å²) in [5.74, 6) is 1.56. The summed E-state index contributed by atoms with van der Waals surface area (Å²) in [5.41, 5.74) is 3.49. The van der Waals surface area contributed by atoms with Crippen molar-refractivity contribution >= 4 is 11.7 Å². The van der Waals surface area contributed by atoms with E-state index in [1.165, 1.54) is 11.1 Å². The SMILES string of the molecule is O=C([O-])[C@H]1[C@@H]2CC=C[C@H]2c2cc(Oc3ccccc3)cc3c2N1C[C@H]1CC=C[C@H]31. The lowest BCUT2D eigenvalue weighted by Gasteiger charge is -2.51. The van der Waals surface area contributed by atoms with Gasteiger partial charge in [0.25, 0.3) is 0 Å². The van der Waals surface area contributed by atoms with Gasteiger partial charge in [0.2, 0.25) is 0 Å². The van der Waals surface area contributed by atoms with Crippen LogP contribution < -0.4 is 14.7 Å². The Labute approximate surface area is 170 Å². The van der Waals surface area contributed by atoms with E-state index < -0.39 is 12.0 Å². The van der Waals surface area contributed by atoms with Crippen molar-refractivity contribution in [3.63, 3.8) is 0 Å². The number of carboxylic acid groups (broad SMARTS) is 1. The van der Waals surface area contributed by atoms with Crippen molar-refractivity contribution in [2.24, 2.45) is 11.8 Å². The average molecular weight is 384 g/mol. The molecule has 0 bridgehead atoms. The average Bonchev–Trinajstić information content (AvgIpc) is 3.38. The van der Waals surface area contributed by atoms with Crippen LogP contribution in [0.3, 0.4) is 0 Å². The second-order valence-corrected chi connectivity index (χ2v) is 8.58. The number of nitrogens with zero attached hydrogens (tertiary/aromatic N) is 1. The van der Waals surface area contributed by atoms with Gasteiger partial charge >= 0.3 is 0 Å². The maximum atomic E-state index is 12.2. The molecule has 0 radical (unpaired) electrons.